The lowest BCUT2D eigenvalue weighted by molar-refractivity contribution is -0.143. The molecule has 1 saturated carbocycles. The van der Waals surface area contributed by atoms with E-state index in [2.05, 4.69) is 5.32 Å². The maximum Gasteiger partial charge on any atom is 0.261 e. The van der Waals surface area contributed by atoms with Gasteiger partial charge in [-0.05, 0) is 61.9 Å². The minimum Gasteiger partial charge on any atom is -0.484 e. The summed E-state index contributed by atoms with van der Waals surface area (Å²) >= 11 is 6.25. The van der Waals surface area contributed by atoms with Gasteiger partial charge in [0.15, 0.2) is 6.61 Å². The Bertz CT molecular complexity index is 919. The van der Waals surface area contributed by atoms with Gasteiger partial charge in [-0.2, -0.15) is 0 Å². The molecule has 0 aromatic heterocycles. The minimum absolute atomic E-state index is 0.0770. The van der Waals surface area contributed by atoms with Crippen molar-refractivity contribution in [2.24, 2.45) is 0 Å². The summed E-state index contributed by atoms with van der Waals surface area (Å²) in [4.78, 5) is 28.2. The van der Waals surface area contributed by atoms with Crippen molar-refractivity contribution in [2.75, 3.05) is 6.61 Å². The van der Waals surface area contributed by atoms with Crippen LogP contribution in [0.25, 0.3) is 0 Å². The number of benzene rings is 2. The van der Waals surface area contributed by atoms with Crippen molar-refractivity contribution >= 4 is 23.4 Å². The number of carbonyl (C=O) groups excluding carboxylic acids is 2. The molecule has 178 valence electrons. The number of aryl methyl sites for hydroxylation is 2. The number of rotatable bonds is 9. The van der Waals surface area contributed by atoms with Crippen molar-refractivity contribution in [3.05, 3.63) is 64.2 Å². The van der Waals surface area contributed by atoms with Crippen LogP contribution in [-0.4, -0.2) is 35.4 Å². The first-order chi connectivity index (χ1) is 15.9. The number of nitrogens with zero attached hydrogens (tertiary/aromatic N) is 1. The number of ether oxygens (including phenoxy) is 1. The van der Waals surface area contributed by atoms with Gasteiger partial charge < -0.3 is 15.0 Å². The average molecular weight is 471 g/mol. The fourth-order valence-electron chi connectivity index (χ4n) is 4.46. The van der Waals surface area contributed by atoms with E-state index in [-0.39, 0.29) is 24.5 Å². The molecule has 0 spiro atoms. The molecule has 33 heavy (non-hydrogen) atoms. The summed E-state index contributed by atoms with van der Waals surface area (Å²) in [5, 5.41) is 3.90. The molecule has 2 aromatic rings. The Morgan fingerprint density at radius 1 is 1.09 bits per heavy atom. The summed E-state index contributed by atoms with van der Waals surface area (Å²) in [6.07, 6.45) is 6.06. The largest absolute Gasteiger partial charge is 0.484 e. The zero-order valence-electron chi connectivity index (χ0n) is 19.9. The Balaban J connectivity index is 1.75. The van der Waals surface area contributed by atoms with Crippen molar-refractivity contribution < 1.29 is 14.3 Å². The highest BCUT2D eigenvalue weighted by atomic mass is 35.5. The van der Waals surface area contributed by atoms with Gasteiger partial charge in [-0.15, -0.1) is 0 Å². The molecule has 2 amide bonds. The molecule has 3 rings (SSSR count). The van der Waals surface area contributed by atoms with Gasteiger partial charge in [-0.1, -0.05) is 68.1 Å². The Morgan fingerprint density at radius 3 is 2.33 bits per heavy atom. The molecule has 1 aliphatic rings. The third kappa shape index (κ3) is 6.97. The van der Waals surface area contributed by atoms with Gasteiger partial charge in [-0.3, -0.25) is 9.59 Å². The van der Waals surface area contributed by atoms with E-state index in [0.717, 1.165) is 42.4 Å². The predicted molar refractivity (Wildman–Crippen MR) is 133 cm³/mol. The second-order valence-electron chi connectivity index (χ2n) is 8.93. The molecular weight excluding hydrogens is 436 g/mol. The van der Waals surface area contributed by atoms with Gasteiger partial charge in [0.1, 0.15) is 11.8 Å². The zero-order valence-corrected chi connectivity index (χ0v) is 20.7. The number of hydrogen-bond acceptors (Lipinski definition) is 3. The average Bonchev–Trinajstić information content (AvgIpc) is 2.82. The van der Waals surface area contributed by atoms with Crippen LogP contribution in [0.1, 0.15) is 62.1 Å². The smallest absolute Gasteiger partial charge is 0.261 e. The first-order valence-electron chi connectivity index (χ1n) is 11.9. The first kappa shape index (κ1) is 25.1. The van der Waals surface area contributed by atoms with Crippen molar-refractivity contribution in [2.45, 2.75) is 77.9 Å². The summed E-state index contributed by atoms with van der Waals surface area (Å²) in [7, 11) is 0. The van der Waals surface area contributed by atoms with Crippen LogP contribution in [0.15, 0.2) is 42.5 Å². The molecule has 1 N–H and O–H groups in total. The highest BCUT2D eigenvalue weighted by Gasteiger charge is 2.30. The van der Waals surface area contributed by atoms with Crippen LogP contribution in [0.2, 0.25) is 5.02 Å². The van der Waals surface area contributed by atoms with Gasteiger partial charge in [0.05, 0.1) is 0 Å². The molecule has 2 aromatic carbocycles. The first-order valence-corrected chi connectivity index (χ1v) is 12.3. The number of carbonyl (C=O) groups is 2. The number of hydrogen-bond donors (Lipinski definition) is 1. The lowest BCUT2D eigenvalue weighted by Gasteiger charge is -2.32. The summed E-state index contributed by atoms with van der Waals surface area (Å²) in [5.41, 5.74) is 2.78. The third-order valence-electron chi connectivity index (χ3n) is 6.31. The molecule has 0 radical (unpaired) electrons. The quantitative estimate of drug-likeness (QED) is 0.519. The van der Waals surface area contributed by atoms with E-state index in [9.17, 15) is 9.59 Å². The number of amides is 2. The third-order valence-corrected chi connectivity index (χ3v) is 6.90. The molecule has 0 bridgehead atoms. The van der Waals surface area contributed by atoms with Crippen molar-refractivity contribution in [3.63, 3.8) is 0 Å². The van der Waals surface area contributed by atoms with Gasteiger partial charge in [0.25, 0.3) is 5.91 Å². The van der Waals surface area contributed by atoms with E-state index in [1.165, 1.54) is 6.42 Å². The summed E-state index contributed by atoms with van der Waals surface area (Å²) in [5.74, 6) is 0.309. The Hall–Kier alpha value is -2.53. The molecule has 5 nitrogen and oxygen atoms in total. The molecule has 1 fully saturated rings. The fourth-order valence-corrected chi connectivity index (χ4v) is 4.57. The van der Waals surface area contributed by atoms with Crippen LogP contribution in [-0.2, 0) is 16.1 Å². The number of halogens is 1. The molecule has 1 aliphatic carbocycles. The highest BCUT2D eigenvalue weighted by Crippen LogP contribution is 2.26. The van der Waals surface area contributed by atoms with Crippen molar-refractivity contribution in [3.8, 4) is 5.75 Å². The van der Waals surface area contributed by atoms with E-state index < -0.39 is 6.04 Å². The monoisotopic (exact) mass is 470 g/mol. The van der Waals surface area contributed by atoms with Gasteiger partial charge in [0, 0.05) is 17.6 Å². The molecule has 1 atom stereocenters. The molecule has 0 aliphatic heterocycles. The molecule has 0 heterocycles. The van der Waals surface area contributed by atoms with Crippen molar-refractivity contribution in [1.82, 2.24) is 10.2 Å². The van der Waals surface area contributed by atoms with E-state index >= 15 is 0 Å². The van der Waals surface area contributed by atoms with Gasteiger partial charge in [0.2, 0.25) is 5.91 Å². The molecular formula is C27H35ClN2O3. The van der Waals surface area contributed by atoms with Crippen LogP contribution >= 0.6 is 11.6 Å². The summed E-state index contributed by atoms with van der Waals surface area (Å²) in [6, 6.07) is 13.1. The number of nitrogens with one attached hydrogen (secondary N) is 1. The molecule has 6 heteroatoms. The van der Waals surface area contributed by atoms with E-state index in [0.29, 0.717) is 23.7 Å². The van der Waals surface area contributed by atoms with Crippen LogP contribution < -0.4 is 10.1 Å². The van der Waals surface area contributed by atoms with Crippen LogP contribution in [0, 0.1) is 13.8 Å². The SMILES string of the molecule is CC[C@H](C(=O)NC1CCCCC1)N(Cc1ccccc1)C(=O)COc1cc(C)c(Cl)c(C)c1. The van der Waals surface area contributed by atoms with Crippen LogP contribution in [0.3, 0.4) is 0 Å². The topological polar surface area (TPSA) is 58.6 Å². The molecule has 0 saturated heterocycles. The van der Waals surface area contributed by atoms with Crippen LogP contribution in [0.4, 0.5) is 0 Å². The maximum absolute atomic E-state index is 13.3. The molecule has 0 unspecified atom stereocenters. The van der Waals surface area contributed by atoms with Gasteiger partial charge in [-0.25, -0.2) is 0 Å². The minimum atomic E-state index is -0.545. The van der Waals surface area contributed by atoms with Crippen molar-refractivity contribution in [1.29, 1.82) is 0 Å². The second-order valence-corrected chi connectivity index (χ2v) is 9.31. The normalized spacial score (nSPS) is 15.0. The standard InChI is InChI=1S/C27H35ClN2O3/c1-4-24(27(32)29-22-13-9-6-10-14-22)30(17-21-11-7-5-8-12-21)25(31)18-33-23-15-19(2)26(28)20(3)16-23/h5,7-8,11-12,15-16,22,24H,4,6,9-10,13-14,17-18H2,1-3H3,(H,29,32)/t24-/m1/s1. The van der Waals surface area contributed by atoms with E-state index in [1.807, 2.05) is 63.2 Å². The van der Waals surface area contributed by atoms with E-state index in [4.69, 9.17) is 16.3 Å². The highest BCUT2D eigenvalue weighted by molar-refractivity contribution is 6.32. The summed E-state index contributed by atoms with van der Waals surface area (Å²) in [6.45, 7) is 5.99. The Labute approximate surface area is 202 Å². The maximum atomic E-state index is 13.3. The zero-order chi connectivity index (χ0) is 23.8. The Morgan fingerprint density at radius 2 is 1.73 bits per heavy atom. The Kier molecular flexibility index (Phi) is 9.19. The lowest BCUT2D eigenvalue weighted by atomic mass is 9.95. The van der Waals surface area contributed by atoms with E-state index in [1.54, 1.807) is 4.90 Å². The summed E-state index contributed by atoms with van der Waals surface area (Å²) < 4.78 is 5.85. The van der Waals surface area contributed by atoms with Gasteiger partial charge >= 0.3 is 0 Å². The second kappa shape index (κ2) is 12.1. The lowest BCUT2D eigenvalue weighted by Crippen LogP contribution is -2.52. The van der Waals surface area contributed by atoms with Crippen LogP contribution in [0.5, 0.6) is 5.75 Å². The fraction of sp³-hybridized carbons (Fsp3) is 0.481. The predicted octanol–water partition coefficient (Wildman–Crippen LogP) is 5.59.